The number of aromatic nitrogens is 1. The van der Waals surface area contributed by atoms with Crippen LogP contribution in [0.3, 0.4) is 0 Å². The van der Waals surface area contributed by atoms with Gasteiger partial charge in [-0.2, -0.15) is 0 Å². The second-order valence-electron chi connectivity index (χ2n) is 7.77. The lowest BCUT2D eigenvalue weighted by Gasteiger charge is -2.27. The van der Waals surface area contributed by atoms with E-state index in [0.29, 0.717) is 30.4 Å². The van der Waals surface area contributed by atoms with E-state index in [2.05, 4.69) is 15.6 Å². The Morgan fingerprint density at radius 2 is 2.00 bits per heavy atom. The van der Waals surface area contributed by atoms with E-state index in [4.69, 9.17) is 0 Å². The van der Waals surface area contributed by atoms with Crippen LogP contribution in [0.15, 0.2) is 18.3 Å². The van der Waals surface area contributed by atoms with E-state index in [1.807, 2.05) is 13.8 Å². The van der Waals surface area contributed by atoms with Gasteiger partial charge in [0, 0.05) is 35.8 Å². The molecule has 132 valence electrons. The van der Waals surface area contributed by atoms with Crippen LogP contribution < -0.4 is 10.6 Å². The van der Waals surface area contributed by atoms with Gasteiger partial charge in [-0.15, -0.1) is 0 Å². The smallest absolute Gasteiger partial charge is 0.272 e. The maximum atomic E-state index is 13.7. The van der Waals surface area contributed by atoms with Crippen molar-refractivity contribution in [3.63, 3.8) is 0 Å². The molecule has 0 spiro atoms. The number of hydrogen-bond donors (Lipinski definition) is 2. The molecule has 24 heavy (non-hydrogen) atoms. The van der Waals surface area contributed by atoms with Gasteiger partial charge in [0.25, 0.3) is 5.92 Å². The molecule has 4 nitrogen and oxygen atoms in total. The van der Waals surface area contributed by atoms with Gasteiger partial charge in [0.1, 0.15) is 0 Å². The molecule has 2 N–H and O–H groups in total. The molecule has 3 rings (SSSR count). The quantitative estimate of drug-likeness (QED) is 0.838. The Bertz CT molecular complexity index is 617. The molecule has 6 heteroatoms. The summed E-state index contributed by atoms with van der Waals surface area (Å²) in [4.78, 5) is 16.5. The Labute approximate surface area is 141 Å². The number of amides is 1. The Kier molecular flexibility index (Phi) is 4.36. The highest BCUT2D eigenvalue weighted by molar-refractivity contribution is 5.83. The van der Waals surface area contributed by atoms with Gasteiger partial charge in [0.05, 0.1) is 0 Å². The fraction of sp³-hybridized carbons (Fsp3) is 0.667. The van der Waals surface area contributed by atoms with Crippen LogP contribution in [0.5, 0.6) is 0 Å². The number of alkyl halides is 2. The molecule has 1 aromatic rings. The molecule has 2 aliphatic rings. The zero-order valence-electron chi connectivity index (χ0n) is 14.4. The SMILES string of the molecule is CC(C)(CCc1ncccc1C(C)(F)F)NC(=O)[C@H]1[C@@H]2CNC[C@@H]21. The summed E-state index contributed by atoms with van der Waals surface area (Å²) in [5.41, 5.74) is -0.0751. The molecule has 1 saturated carbocycles. The minimum Gasteiger partial charge on any atom is -0.351 e. The third-order valence-corrected chi connectivity index (χ3v) is 5.21. The zero-order chi connectivity index (χ0) is 17.5. The van der Waals surface area contributed by atoms with Crippen molar-refractivity contribution in [2.24, 2.45) is 17.8 Å². The second-order valence-corrected chi connectivity index (χ2v) is 7.77. The number of carbonyl (C=O) groups excluding carboxylic acids is 1. The fourth-order valence-electron chi connectivity index (χ4n) is 3.75. The molecule has 1 aliphatic heterocycles. The highest BCUT2D eigenvalue weighted by Gasteiger charge is 2.57. The maximum absolute atomic E-state index is 13.7. The number of fused-ring (bicyclic) bond motifs is 1. The number of halogens is 2. The van der Waals surface area contributed by atoms with E-state index in [1.54, 1.807) is 0 Å². The molecule has 1 aromatic heterocycles. The van der Waals surface area contributed by atoms with Gasteiger partial charge < -0.3 is 10.6 Å². The van der Waals surface area contributed by atoms with Crippen LogP contribution >= 0.6 is 0 Å². The second kappa shape index (κ2) is 6.06. The summed E-state index contributed by atoms with van der Waals surface area (Å²) in [7, 11) is 0. The van der Waals surface area contributed by atoms with Gasteiger partial charge in [0.15, 0.2) is 0 Å². The number of nitrogens with one attached hydrogen (secondary N) is 2. The number of carbonyl (C=O) groups is 1. The highest BCUT2D eigenvalue weighted by atomic mass is 19.3. The zero-order valence-corrected chi connectivity index (χ0v) is 14.4. The summed E-state index contributed by atoms with van der Waals surface area (Å²) in [6.45, 7) is 6.61. The molecule has 0 bridgehead atoms. The minimum absolute atomic E-state index is 0.0325. The molecule has 3 atom stereocenters. The number of aryl methyl sites for hydroxylation is 1. The summed E-state index contributed by atoms with van der Waals surface area (Å²) in [6, 6.07) is 2.95. The van der Waals surface area contributed by atoms with Crippen molar-refractivity contribution in [2.75, 3.05) is 13.1 Å². The van der Waals surface area contributed by atoms with Crippen LogP contribution in [-0.4, -0.2) is 29.5 Å². The highest BCUT2D eigenvalue weighted by Crippen LogP contribution is 2.48. The van der Waals surface area contributed by atoms with Crippen LogP contribution in [0.2, 0.25) is 0 Å². The minimum atomic E-state index is -2.91. The van der Waals surface area contributed by atoms with Gasteiger partial charge >= 0.3 is 0 Å². The van der Waals surface area contributed by atoms with Gasteiger partial charge in [0.2, 0.25) is 5.91 Å². The molecule has 0 aromatic carbocycles. The van der Waals surface area contributed by atoms with Crippen molar-refractivity contribution in [3.8, 4) is 0 Å². The molecular formula is C18H25F2N3O. The predicted octanol–water partition coefficient (Wildman–Crippen LogP) is 2.49. The van der Waals surface area contributed by atoms with Gasteiger partial charge in [-0.1, -0.05) is 0 Å². The molecule has 2 fully saturated rings. The maximum Gasteiger partial charge on any atom is 0.272 e. The van der Waals surface area contributed by atoms with Gasteiger partial charge in [-0.3, -0.25) is 9.78 Å². The first-order valence-electron chi connectivity index (χ1n) is 8.54. The summed E-state index contributed by atoms with van der Waals surface area (Å²) < 4.78 is 27.3. The van der Waals surface area contributed by atoms with Crippen LogP contribution in [0, 0.1) is 17.8 Å². The third-order valence-electron chi connectivity index (χ3n) is 5.21. The van der Waals surface area contributed by atoms with E-state index < -0.39 is 11.5 Å². The number of piperidine rings is 1. The van der Waals surface area contributed by atoms with Crippen molar-refractivity contribution in [1.29, 1.82) is 0 Å². The predicted molar refractivity (Wildman–Crippen MR) is 87.7 cm³/mol. The largest absolute Gasteiger partial charge is 0.351 e. The van der Waals surface area contributed by atoms with E-state index in [0.717, 1.165) is 20.0 Å². The van der Waals surface area contributed by atoms with E-state index in [9.17, 15) is 13.6 Å². The van der Waals surface area contributed by atoms with Crippen LogP contribution in [0.1, 0.15) is 38.4 Å². The van der Waals surface area contributed by atoms with Crippen LogP contribution in [0.25, 0.3) is 0 Å². The molecule has 0 unspecified atom stereocenters. The van der Waals surface area contributed by atoms with E-state index in [-0.39, 0.29) is 17.4 Å². The van der Waals surface area contributed by atoms with Crippen LogP contribution in [-0.2, 0) is 17.1 Å². The lowest BCUT2D eigenvalue weighted by atomic mass is 9.94. The number of nitrogens with zero attached hydrogens (tertiary/aromatic N) is 1. The first kappa shape index (κ1) is 17.3. The van der Waals surface area contributed by atoms with E-state index in [1.165, 1.54) is 18.3 Å². The average Bonchev–Trinajstić information content (AvgIpc) is 2.98. The van der Waals surface area contributed by atoms with Crippen molar-refractivity contribution in [3.05, 3.63) is 29.6 Å². The van der Waals surface area contributed by atoms with Gasteiger partial charge in [-0.05, 0) is 63.7 Å². The Morgan fingerprint density at radius 1 is 1.33 bits per heavy atom. The van der Waals surface area contributed by atoms with Crippen molar-refractivity contribution < 1.29 is 13.6 Å². The lowest BCUT2D eigenvalue weighted by Crippen LogP contribution is -2.45. The molecule has 1 aliphatic carbocycles. The summed E-state index contributed by atoms with van der Waals surface area (Å²) in [5.74, 6) is -1.74. The molecule has 1 amide bonds. The molecular weight excluding hydrogens is 312 g/mol. The first-order valence-corrected chi connectivity index (χ1v) is 8.54. The molecule has 1 saturated heterocycles. The Hall–Kier alpha value is -1.56. The number of rotatable bonds is 6. The monoisotopic (exact) mass is 337 g/mol. The Morgan fingerprint density at radius 3 is 2.62 bits per heavy atom. The number of hydrogen-bond acceptors (Lipinski definition) is 3. The summed E-state index contributed by atoms with van der Waals surface area (Å²) in [6.07, 6.45) is 2.51. The number of pyridine rings is 1. The molecule has 2 heterocycles. The third kappa shape index (κ3) is 3.58. The van der Waals surface area contributed by atoms with Crippen molar-refractivity contribution >= 4 is 5.91 Å². The summed E-state index contributed by atoms with van der Waals surface area (Å²) in [5, 5.41) is 6.37. The lowest BCUT2D eigenvalue weighted by molar-refractivity contribution is -0.124. The average molecular weight is 337 g/mol. The Balaban J connectivity index is 1.58. The van der Waals surface area contributed by atoms with Crippen LogP contribution in [0.4, 0.5) is 8.78 Å². The van der Waals surface area contributed by atoms with Crippen molar-refractivity contribution in [2.45, 2.75) is 45.1 Å². The van der Waals surface area contributed by atoms with E-state index >= 15 is 0 Å². The van der Waals surface area contributed by atoms with Crippen molar-refractivity contribution in [1.82, 2.24) is 15.6 Å². The first-order chi connectivity index (χ1) is 11.2. The summed E-state index contributed by atoms with van der Waals surface area (Å²) >= 11 is 0. The fourth-order valence-corrected chi connectivity index (χ4v) is 3.75. The van der Waals surface area contributed by atoms with Gasteiger partial charge in [-0.25, -0.2) is 8.78 Å². The normalized spacial score (nSPS) is 26.1. The topological polar surface area (TPSA) is 54.0 Å². The standard InChI is InChI=1S/C18H25F2N3O/c1-17(2,23-16(24)15-11-9-21-10-12(11)15)7-6-14-13(18(3,19)20)5-4-8-22-14/h4-5,8,11-12,15,21H,6-7,9-10H2,1-3H3,(H,23,24)/t11-,12+,15+. The molecule has 0 radical (unpaired) electrons.